The highest BCUT2D eigenvalue weighted by molar-refractivity contribution is 5.90. The minimum atomic E-state index is -0.345. The van der Waals surface area contributed by atoms with Crippen LogP contribution in [-0.4, -0.2) is 36.1 Å². The third-order valence-corrected chi connectivity index (χ3v) is 2.80. The minimum absolute atomic E-state index is 0.0472. The standard InChI is InChI=1S/C11H20N2O3/c1-8(7-14)3-2-6-12-11(16)9-4-5-10(15)13-9/h8-9,14H,2-7H2,1H3,(H,12,16)(H,13,15)/t8?,9-/m0/s1. The van der Waals surface area contributed by atoms with Gasteiger partial charge in [0.1, 0.15) is 6.04 Å². The van der Waals surface area contributed by atoms with Gasteiger partial charge >= 0.3 is 0 Å². The van der Waals surface area contributed by atoms with Gasteiger partial charge in [0, 0.05) is 19.6 Å². The lowest BCUT2D eigenvalue weighted by Gasteiger charge is -2.11. The van der Waals surface area contributed by atoms with E-state index in [4.69, 9.17) is 5.11 Å². The molecule has 0 spiro atoms. The Labute approximate surface area is 95.6 Å². The van der Waals surface area contributed by atoms with Gasteiger partial charge in [-0.2, -0.15) is 0 Å². The summed E-state index contributed by atoms with van der Waals surface area (Å²) in [7, 11) is 0. The summed E-state index contributed by atoms with van der Waals surface area (Å²) in [5.41, 5.74) is 0. The van der Waals surface area contributed by atoms with Crippen LogP contribution in [0.5, 0.6) is 0 Å². The lowest BCUT2D eigenvalue weighted by Crippen LogP contribution is -2.41. The lowest BCUT2D eigenvalue weighted by molar-refractivity contribution is -0.125. The van der Waals surface area contributed by atoms with Crippen molar-refractivity contribution in [2.24, 2.45) is 5.92 Å². The zero-order valence-electron chi connectivity index (χ0n) is 9.66. The van der Waals surface area contributed by atoms with E-state index in [-0.39, 0.29) is 30.4 Å². The number of amides is 2. The monoisotopic (exact) mass is 228 g/mol. The molecule has 1 fully saturated rings. The zero-order chi connectivity index (χ0) is 12.0. The highest BCUT2D eigenvalue weighted by Gasteiger charge is 2.26. The van der Waals surface area contributed by atoms with Gasteiger partial charge in [-0.3, -0.25) is 9.59 Å². The van der Waals surface area contributed by atoms with Gasteiger partial charge < -0.3 is 15.7 Å². The number of aliphatic hydroxyl groups excluding tert-OH is 1. The van der Waals surface area contributed by atoms with Gasteiger partial charge in [0.05, 0.1) is 0 Å². The van der Waals surface area contributed by atoms with Crippen molar-refractivity contribution < 1.29 is 14.7 Å². The zero-order valence-corrected chi connectivity index (χ0v) is 9.66. The van der Waals surface area contributed by atoms with Crippen molar-refractivity contribution in [3.63, 3.8) is 0 Å². The number of hydrogen-bond acceptors (Lipinski definition) is 3. The van der Waals surface area contributed by atoms with Gasteiger partial charge in [0.25, 0.3) is 0 Å². The summed E-state index contributed by atoms with van der Waals surface area (Å²) in [4.78, 5) is 22.4. The van der Waals surface area contributed by atoms with E-state index >= 15 is 0 Å². The quantitative estimate of drug-likeness (QED) is 0.550. The average molecular weight is 228 g/mol. The number of carbonyl (C=O) groups excluding carboxylic acids is 2. The van der Waals surface area contributed by atoms with Crippen molar-refractivity contribution in [2.75, 3.05) is 13.2 Å². The predicted octanol–water partition coefficient (Wildman–Crippen LogP) is -0.210. The summed E-state index contributed by atoms with van der Waals surface area (Å²) >= 11 is 0. The Bertz CT molecular complexity index is 256. The summed E-state index contributed by atoms with van der Waals surface area (Å²) in [5, 5.41) is 14.2. The van der Waals surface area contributed by atoms with Crippen molar-refractivity contribution >= 4 is 11.8 Å². The van der Waals surface area contributed by atoms with Crippen LogP contribution in [0.25, 0.3) is 0 Å². The molecular formula is C11H20N2O3. The van der Waals surface area contributed by atoms with Crippen LogP contribution in [-0.2, 0) is 9.59 Å². The first-order valence-electron chi connectivity index (χ1n) is 5.81. The molecule has 0 radical (unpaired) electrons. The summed E-state index contributed by atoms with van der Waals surface area (Å²) in [6, 6.07) is -0.345. The highest BCUT2D eigenvalue weighted by Crippen LogP contribution is 2.07. The summed E-state index contributed by atoms with van der Waals surface area (Å²) in [6.45, 7) is 2.77. The minimum Gasteiger partial charge on any atom is -0.396 e. The molecule has 92 valence electrons. The molecule has 1 saturated heterocycles. The van der Waals surface area contributed by atoms with E-state index in [1.54, 1.807) is 0 Å². The molecule has 5 heteroatoms. The molecular weight excluding hydrogens is 208 g/mol. The Morgan fingerprint density at radius 2 is 2.44 bits per heavy atom. The molecule has 2 atom stereocenters. The fourth-order valence-electron chi connectivity index (χ4n) is 1.69. The highest BCUT2D eigenvalue weighted by atomic mass is 16.3. The second-order valence-electron chi connectivity index (χ2n) is 4.38. The van der Waals surface area contributed by atoms with Crippen LogP contribution in [0.15, 0.2) is 0 Å². The number of carbonyl (C=O) groups is 2. The van der Waals surface area contributed by atoms with Crippen LogP contribution in [0.3, 0.4) is 0 Å². The Hall–Kier alpha value is -1.10. The molecule has 2 amide bonds. The lowest BCUT2D eigenvalue weighted by atomic mass is 10.1. The van der Waals surface area contributed by atoms with Gasteiger partial charge in [-0.1, -0.05) is 6.92 Å². The van der Waals surface area contributed by atoms with E-state index in [0.29, 0.717) is 19.4 Å². The Balaban J connectivity index is 2.09. The molecule has 3 N–H and O–H groups in total. The third kappa shape index (κ3) is 4.18. The molecule has 0 aromatic carbocycles. The Morgan fingerprint density at radius 1 is 1.69 bits per heavy atom. The molecule has 16 heavy (non-hydrogen) atoms. The fourth-order valence-corrected chi connectivity index (χ4v) is 1.69. The fraction of sp³-hybridized carbons (Fsp3) is 0.818. The van der Waals surface area contributed by atoms with E-state index in [2.05, 4.69) is 10.6 Å². The summed E-state index contributed by atoms with van der Waals surface area (Å²) < 4.78 is 0. The number of nitrogens with one attached hydrogen (secondary N) is 2. The molecule has 0 aromatic heterocycles. The second kappa shape index (κ2) is 6.48. The molecule has 0 saturated carbocycles. The van der Waals surface area contributed by atoms with E-state index in [0.717, 1.165) is 12.8 Å². The third-order valence-electron chi connectivity index (χ3n) is 2.80. The Morgan fingerprint density at radius 3 is 3.00 bits per heavy atom. The molecule has 1 aliphatic heterocycles. The topological polar surface area (TPSA) is 78.4 Å². The summed E-state index contributed by atoms with van der Waals surface area (Å²) in [5.74, 6) is 0.139. The number of hydrogen-bond donors (Lipinski definition) is 3. The van der Waals surface area contributed by atoms with Gasteiger partial charge in [0.2, 0.25) is 11.8 Å². The molecule has 0 bridgehead atoms. The molecule has 5 nitrogen and oxygen atoms in total. The predicted molar refractivity (Wildman–Crippen MR) is 59.7 cm³/mol. The smallest absolute Gasteiger partial charge is 0.242 e. The second-order valence-corrected chi connectivity index (χ2v) is 4.38. The maximum absolute atomic E-state index is 11.5. The molecule has 1 aliphatic rings. The normalized spacial score (nSPS) is 21.6. The maximum Gasteiger partial charge on any atom is 0.242 e. The molecule has 0 aromatic rings. The van der Waals surface area contributed by atoms with Crippen molar-refractivity contribution in [3.05, 3.63) is 0 Å². The van der Waals surface area contributed by atoms with Crippen molar-refractivity contribution in [1.82, 2.24) is 10.6 Å². The van der Waals surface area contributed by atoms with Crippen LogP contribution < -0.4 is 10.6 Å². The van der Waals surface area contributed by atoms with E-state index in [1.807, 2.05) is 6.92 Å². The molecule has 1 unspecified atom stereocenters. The van der Waals surface area contributed by atoms with E-state index in [9.17, 15) is 9.59 Å². The Kier molecular flexibility index (Phi) is 5.25. The van der Waals surface area contributed by atoms with Crippen LogP contribution in [0.1, 0.15) is 32.6 Å². The van der Waals surface area contributed by atoms with E-state index < -0.39 is 0 Å². The van der Waals surface area contributed by atoms with Gasteiger partial charge in [-0.25, -0.2) is 0 Å². The number of aliphatic hydroxyl groups is 1. The largest absolute Gasteiger partial charge is 0.396 e. The van der Waals surface area contributed by atoms with Gasteiger partial charge in [0.15, 0.2) is 0 Å². The van der Waals surface area contributed by atoms with Crippen LogP contribution in [0.2, 0.25) is 0 Å². The first kappa shape index (κ1) is 13.0. The molecule has 0 aliphatic carbocycles. The van der Waals surface area contributed by atoms with Crippen LogP contribution in [0.4, 0.5) is 0 Å². The number of rotatable bonds is 6. The van der Waals surface area contributed by atoms with Gasteiger partial charge in [-0.15, -0.1) is 0 Å². The molecule has 1 rings (SSSR count). The van der Waals surface area contributed by atoms with Crippen molar-refractivity contribution in [2.45, 2.75) is 38.6 Å². The first-order chi connectivity index (χ1) is 7.63. The molecule has 1 heterocycles. The first-order valence-corrected chi connectivity index (χ1v) is 5.81. The van der Waals surface area contributed by atoms with Crippen LogP contribution in [0, 0.1) is 5.92 Å². The average Bonchev–Trinajstić information content (AvgIpc) is 2.70. The van der Waals surface area contributed by atoms with E-state index in [1.165, 1.54) is 0 Å². The SMILES string of the molecule is CC(CO)CCCNC(=O)[C@@H]1CCC(=O)N1. The van der Waals surface area contributed by atoms with Crippen molar-refractivity contribution in [3.8, 4) is 0 Å². The maximum atomic E-state index is 11.5. The van der Waals surface area contributed by atoms with Gasteiger partial charge in [-0.05, 0) is 25.2 Å². The van der Waals surface area contributed by atoms with Crippen molar-refractivity contribution in [1.29, 1.82) is 0 Å². The van der Waals surface area contributed by atoms with Crippen LogP contribution >= 0.6 is 0 Å². The summed E-state index contributed by atoms with van der Waals surface area (Å²) in [6.07, 6.45) is 2.79.